The van der Waals surface area contributed by atoms with Crippen LogP contribution >= 0.6 is 0 Å². The molecule has 2 aromatic carbocycles. The summed E-state index contributed by atoms with van der Waals surface area (Å²) in [5.41, 5.74) is 1.69. The molecule has 3 rings (SSSR count). The van der Waals surface area contributed by atoms with E-state index in [0.717, 1.165) is 25.0 Å². The average molecular weight is 587 g/mol. The van der Waals surface area contributed by atoms with Crippen molar-refractivity contribution < 1.29 is 53.7 Å². The van der Waals surface area contributed by atoms with Crippen LogP contribution in [0.1, 0.15) is 25.0 Å². The normalized spacial score (nSPS) is 22.1. The minimum atomic E-state index is -4.23. The maximum absolute atomic E-state index is 12.7. The number of hydrogen-bond donors (Lipinski definition) is 0. The van der Waals surface area contributed by atoms with Gasteiger partial charge in [0.1, 0.15) is 19.0 Å². The summed E-state index contributed by atoms with van der Waals surface area (Å²) in [5.74, 6) is -1.61. The Labute approximate surface area is 227 Å². The van der Waals surface area contributed by atoms with Crippen molar-refractivity contribution in [3.05, 3.63) is 59.7 Å². The molecule has 4 atom stereocenters. The van der Waals surface area contributed by atoms with Crippen LogP contribution in [-0.4, -0.2) is 73.2 Å². The van der Waals surface area contributed by atoms with Crippen LogP contribution in [0.15, 0.2) is 58.3 Å². The Kier molecular flexibility index (Phi) is 10.2. The first-order valence-electron chi connectivity index (χ1n) is 11.8. The number of hydrogen-bond acceptors (Lipinski definition) is 12. The first-order chi connectivity index (χ1) is 18.3. The number of carbonyl (C=O) groups excluding carboxylic acids is 2. The zero-order valence-corrected chi connectivity index (χ0v) is 23.4. The zero-order valence-electron chi connectivity index (χ0n) is 21.8. The van der Waals surface area contributed by atoms with Crippen molar-refractivity contribution >= 4 is 32.2 Å². The molecule has 0 bridgehead atoms. The van der Waals surface area contributed by atoms with E-state index in [2.05, 4.69) is 0 Å². The molecule has 1 aliphatic rings. The third-order valence-electron chi connectivity index (χ3n) is 5.62. The van der Waals surface area contributed by atoms with Gasteiger partial charge in [-0.1, -0.05) is 35.4 Å². The fourth-order valence-electron chi connectivity index (χ4n) is 3.64. The lowest BCUT2D eigenvalue weighted by molar-refractivity contribution is -0.180. The van der Waals surface area contributed by atoms with Gasteiger partial charge in [0, 0.05) is 13.8 Å². The number of rotatable bonds is 10. The summed E-state index contributed by atoms with van der Waals surface area (Å²) in [6, 6.07) is 11.9. The summed E-state index contributed by atoms with van der Waals surface area (Å²) < 4.78 is 82.9. The summed E-state index contributed by atoms with van der Waals surface area (Å²) >= 11 is 0. The van der Waals surface area contributed by atoms with Crippen LogP contribution in [0.2, 0.25) is 0 Å². The van der Waals surface area contributed by atoms with Crippen LogP contribution in [-0.2, 0) is 57.1 Å². The Morgan fingerprint density at radius 2 is 1.03 bits per heavy atom. The number of carbonyl (C=O) groups is 2. The largest absolute Gasteiger partial charge is 0.456 e. The van der Waals surface area contributed by atoms with Crippen molar-refractivity contribution in [2.45, 2.75) is 61.9 Å². The van der Waals surface area contributed by atoms with E-state index in [1.54, 1.807) is 38.1 Å². The van der Waals surface area contributed by atoms with Gasteiger partial charge in [0.2, 0.25) is 0 Å². The number of aryl methyl sites for hydroxylation is 2. The molecule has 0 spiro atoms. The van der Waals surface area contributed by atoms with Gasteiger partial charge < -0.3 is 18.9 Å². The Morgan fingerprint density at radius 1 is 0.692 bits per heavy atom. The van der Waals surface area contributed by atoms with Crippen molar-refractivity contribution in [2.24, 2.45) is 0 Å². The lowest BCUT2D eigenvalue weighted by atomic mass is 10.0. The van der Waals surface area contributed by atoms with E-state index in [0.29, 0.717) is 0 Å². The molecule has 0 radical (unpaired) electrons. The van der Waals surface area contributed by atoms with Gasteiger partial charge in [-0.3, -0.25) is 18.0 Å². The third-order valence-corrected chi connectivity index (χ3v) is 8.21. The van der Waals surface area contributed by atoms with Crippen molar-refractivity contribution in [1.82, 2.24) is 0 Å². The molecule has 2 aromatic rings. The van der Waals surface area contributed by atoms with E-state index in [9.17, 15) is 26.4 Å². The number of esters is 2. The molecule has 0 aromatic heterocycles. The zero-order chi connectivity index (χ0) is 28.8. The SMILES string of the molecule is CC(=O)O[C@@H]1[C@H](OC(C)=O)[C@H](COS(=O)(=O)c2ccc(C)cc2)OCO[C@H]1COS(=O)(=O)c1ccc(C)cc1. The van der Waals surface area contributed by atoms with Crippen molar-refractivity contribution in [3.8, 4) is 0 Å². The molecule has 1 heterocycles. The second-order valence-electron chi connectivity index (χ2n) is 8.78. The maximum atomic E-state index is 12.7. The molecule has 214 valence electrons. The van der Waals surface area contributed by atoms with Crippen molar-refractivity contribution in [1.29, 1.82) is 0 Å². The minimum absolute atomic E-state index is 0.105. The van der Waals surface area contributed by atoms with E-state index >= 15 is 0 Å². The van der Waals surface area contributed by atoms with Crippen LogP contribution in [0.4, 0.5) is 0 Å². The molecule has 0 saturated carbocycles. The predicted octanol–water partition coefficient (Wildman–Crippen LogP) is 2.02. The van der Waals surface area contributed by atoms with Gasteiger partial charge >= 0.3 is 11.9 Å². The van der Waals surface area contributed by atoms with Crippen LogP contribution in [0.3, 0.4) is 0 Å². The van der Waals surface area contributed by atoms with Crippen LogP contribution in [0.5, 0.6) is 0 Å². The smallest absolute Gasteiger partial charge is 0.303 e. The molecule has 39 heavy (non-hydrogen) atoms. The van der Waals surface area contributed by atoms with Gasteiger partial charge in [-0.2, -0.15) is 16.8 Å². The molecule has 0 amide bonds. The first-order valence-corrected chi connectivity index (χ1v) is 14.6. The van der Waals surface area contributed by atoms with Crippen LogP contribution < -0.4 is 0 Å². The topological polar surface area (TPSA) is 158 Å². The van der Waals surface area contributed by atoms with E-state index in [4.69, 9.17) is 27.3 Å². The van der Waals surface area contributed by atoms with Crippen LogP contribution in [0.25, 0.3) is 0 Å². The number of ether oxygens (including phenoxy) is 4. The van der Waals surface area contributed by atoms with Gasteiger partial charge in [0.25, 0.3) is 20.2 Å². The quantitative estimate of drug-likeness (QED) is 0.295. The number of benzene rings is 2. The standard InChI is InChI=1S/C25H30O12S2/c1-16-5-9-20(10-6-16)38(28,29)34-13-22-24(36-18(3)26)25(37-19(4)27)23(33-15-32-22)14-35-39(30,31)21-11-7-17(2)8-12-21/h5-12,22-25H,13-15H2,1-4H3/t22-,23-,24-,25+/m0/s1. The Bertz CT molecular complexity index is 1250. The highest BCUT2D eigenvalue weighted by Crippen LogP contribution is 2.25. The highest BCUT2D eigenvalue weighted by molar-refractivity contribution is 7.87. The molecular weight excluding hydrogens is 556 g/mol. The molecule has 0 aliphatic carbocycles. The van der Waals surface area contributed by atoms with Crippen molar-refractivity contribution in [2.75, 3.05) is 20.0 Å². The van der Waals surface area contributed by atoms with E-state index in [1.165, 1.54) is 24.3 Å². The average Bonchev–Trinajstić information content (AvgIpc) is 3.00. The van der Waals surface area contributed by atoms with Gasteiger partial charge in [0.05, 0.1) is 23.0 Å². The summed E-state index contributed by atoms with van der Waals surface area (Å²) in [6.45, 7) is 3.99. The van der Waals surface area contributed by atoms with Crippen LogP contribution in [0, 0.1) is 13.8 Å². The second-order valence-corrected chi connectivity index (χ2v) is 12.0. The highest BCUT2D eigenvalue weighted by atomic mass is 32.2. The minimum Gasteiger partial charge on any atom is -0.456 e. The Hall–Kier alpha value is -2.88. The van der Waals surface area contributed by atoms with Gasteiger partial charge in [-0.05, 0) is 38.1 Å². The first kappa shape index (κ1) is 30.7. The van der Waals surface area contributed by atoms with Gasteiger partial charge in [-0.15, -0.1) is 0 Å². The van der Waals surface area contributed by atoms with E-state index in [1.807, 2.05) is 0 Å². The summed E-state index contributed by atoms with van der Waals surface area (Å²) in [5, 5.41) is 0. The van der Waals surface area contributed by atoms with Gasteiger partial charge in [0.15, 0.2) is 12.2 Å². The maximum Gasteiger partial charge on any atom is 0.303 e. The van der Waals surface area contributed by atoms with Gasteiger partial charge in [-0.25, -0.2) is 0 Å². The molecule has 12 nitrogen and oxygen atoms in total. The highest BCUT2D eigenvalue weighted by Gasteiger charge is 2.45. The summed E-state index contributed by atoms with van der Waals surface area (Å²) in [7, 11) is -8.46. The lowest BCUT2D eigenvalue weighted by Gasteiger charge is -2.31. The summed E-state index contributed by atoms with van der Waals surface area (Å²) in [6.07, 6.45) is -5.43. The fourth-order valence-corrected chi connectivity index (χ4v) is 5.48. The third kappa shape index (κ3) is 8.55. The molecule has 14 heteroatoms. The molecule has 1 aliphatic heterocycles. The predicted molar refractivity (Wildman–Crippen MR) is 134 cm³/mol. The molecule has 1 saturated heterocycles. The lowest BCUT2D eigenvalue weighted by Crippen LogP contribution is -2.51. The molecule has 0 unspecified atom stereocenters. The fraction of sp³-hybridized carbons (Fsp3) is 0.440. The van der Waals surface area contributed by atoms with E-state index in [-0.39, 0.29) is 9.79 Å². The second kappa shape index (κ2) is 13.0. The monoisotopic (exact) mass is 586 g/mol. The molecule has 1 fully saturated rings. The van der Waals surface area contributed by atoms with E-state index < -0.39 is 76.6 Å². The Balaban J connectivity index is 1.83. The summed E-state index contributed by atoms with van der Waals surface area (Å²) in [4.78, 5) is 23.7. The molecular formula is C25H30O12S2. The Morgan fingerprint density at radius 3 is 1.33 bits per heavy atom. The van der Waals surface area contributed by atoms with Crippen molar-refractivity contribution in [3.63, 3.8) is 0 Å². The molecule has 0 N–H and O–H groups in total.